The van der Waals surface area contributed by atoms with E-state index in [1.807, 2.05) is 36.4 Å². The highest BCUT2D eigenvalue weighted by Gasteiger charge is 2.26. The number of piperidine rings is 1. The van der Waals surface area contributed by atoms with Crippen LogP contribution < -0.4 is 4.74 Å². The molecule has 228 valence electrons. The Kier molecular flexibility index (Phi) is 8.20. The molecule has 2 aliphatic rings. The maximum atomic E-state index is 12.2. The summed E-state index contributed by atoms with van der Waals surface area (Å²) in [7, 11) is 1.40. The van der Waals surface area contributed by atoms with Crippen molar-refractivity contribution in [3.05, 3.63) is 87.5 Å². The normalized spacial score (nSPS) is 17.7. The van der Waals surface area contributed by atoms with Gasteiger partial charge in [-0.15, -0.1) is 0 Å². The van der Waals surface area contributed by atoms with Crippen molar-refractivity contribution < 1.29 is 23.4 Å². The van der Waals surface area contributed by atoms with E-state index in [9.17, 15) is 4.79 Å². The lowest BCUT2D eigenvalue weighted by Crippen LogP contribution is -2.35. The summed E-state index contributed by atoms with van der Waals surface area (Å²) in [5.41, 5.74) is 4.85. The number of halogens is 2. The molecular formula is C33H32Cl2N4O5. The Morgan fingerprint density at radius 1 is 1.05 bits per heavy atom. The van der Waals surface area contributed by atoms with Crippen LogP contribution in [0.5, 0.6) is 5.88 Å². The molecule has 1 atom stereocenters. The summed E-state index contributed by atoms with van der Waals surface area (Å²) >= 11 is 12.4. The number of likely N-dealkylation sites (tertiary alicyclic amines) is 1. The van der Waals surface area contributed by atoms with Crippen molar-refractivity contribution in [2.75, 3.05) is 26.8 Å². The van der Waals surface area contributed by atoms with E-state index >= 15 is 0 Å². The number of rotatable bonds is 9. The fourth-order valence-electron chi connectivity index (χ4n) is 6.08. The molecule has 0 saturated carbocycles. The van der Waals surface area contributed by atoms with Crippen LogP contribution in [0.2, 0.25) is 10.2 Å². The van der Waals surface area contributed by atoms with Crippen molar-refractivity contribution in [3.8, 4) is 5.88 Å². The predicted octanol–water partition coefficient (Wildman–Crippen LogP) is 7.02. The van der Waals surface area contributed by atoms with E-state index in [1.54, 1.807) is 12.1 Å². The van der Waals surface area contributed by atoms with Crippen LogP contribution in [0.15, 0.2) is 59.0 Å². The number of pyridine rings is 1. The molecule has 0 unspecified atom stereocenters. The van der Waals surface area contributed by atoms with Crippen molar-refractivity contribution in [2.24, 2.45) is 0 Å². The lowest BCUT2D eigenvalue weighted by Gasteiger charge is -2.32. The Hall–Kier alpha value is -3.63. The van der Waals surface area contributed by atoms with E-state index in [1.165, 1.54) is 7.11 Å². The SMILES string of the molecule is COC(=O)c1ccc2nc(CN3CCC(c4cccc(OCc5ccc(Cl)c6cc(Cl)oc56)n4)CC3)n(C[C@@H]3CCO3)c2c1. The lowest BCUT2D eigenvalue weighted by atomic mass is 9.93. The zero-order chi connectivity index (χ0) is 30.2. The second-order valence-electron chi connectivity index (χ2n) is 11.4. The number of nitrogens with zero attached hydrogens (tertiary/aromatic N) is 4. The van der Waals surface area contributed by atoms with Gasteiger partial charge < -0.3 is 23.2 Å². The monoisotopic (exact) mass is 634 g/mol. The van der Waals surface area contributed by atoms with E-state index in [4.69, 9.17) is 51.8 Å². The molecule has 0 bridgehead atoms. The molecule has 7 rings (SSSR count). The van der Waals surface area contributed by atoms with Crippen LogP contribution in [-0.4, -0.2) is 58.3 Å². The fourth-order valence-corrected chi connectivity index (χ4v) is 6.47. The summed E-state index contributed by atoms with van der Waals surface area (Å²) < 4.78 is 24.6. The molecule has 0 N–H and O–H groups in total. The molecule has 0 spiro atoms. The van der Waals surface area contributed by atoms with Gasteiger partial charge in [0.2, 0.25) is 5.88 Å². The average molecular weight is 636 g/mol. The van der Waals surface area contributed by atoms with E-state index in [2.05, 4.69) is 15.5 Å². The quantitative estimate of drug-likeness (QED) is 0.160. The molecule has 2 aromatic carbocycles. The largest absolute Gasteiger partial charge is 0.473 e. The molecule has 44 heavy (non-hydrogen) atoms. The smallest absolute Gasteiger partial charge is 0.337 e. The number of imidazole rings is 1. The summed E-state index contributed by atoms with van der Waals surface area (Å²) in [6.07, 6.45) is 3.16. The van der Waals surface area contributed by atoms with Crippen molar-refractivity contribution in [2.45, 2.75) is 51.0 Å². The Bertz CT molecular complexity index is 1820. The standard InChI is InChI=1S/C33H32Cl2N4O5/c1-41-33(40)21-6-8-27-28(15-21)39(17-23-11-14-42-23)30(36-27)18-38-12-9-20(10-13-38)26-3-2-4-31(37-26)43-19-22-5-7-25(34)24-16-29(35)44-32(22)24/h2-8,15-16,20,23H,9-14,17-19H2,1H3/t23-/m0/s1. The van der Waals surface area contributed by atoms with Gasteiger partial charge >= 0.3 is 5.97 Å². The molecule has 11 heteroatoms. The first-order valence-electron chi connectivity index (χ1n) is 14.8. The summed E-state index contributed by atoms with van der Waals surface area (Å²) in [6.45, 7) is 4.38. The molecule has 2 saturated heterocycles. The predicted molar refractivity (Wildman–Crippen MR) is 167 cm³/mol. The van der Waals surface area contributed by atoms with E-state index in [0.717, 1.165) is 85.5 Å². The first-order valence-corrected chi connectivity index (χ1v) is 15.6. The Morgan fingerprint density at radius 3 is 2.66 bits per heavy atom. The van der Waals surface area contributed by atoms with Gasteiger partial charge in [0.1, 0.15) is 18.0 Å². The average Bonchev–Trinajstić information content (AvgIpc) is 3.58. The highest BCUT2D eigenvalue weighted by Crippen LogP contribution is 2.33. The van der Waals surface area contributed by atoms with Crippen molar-refractivity contribution >= 4 is 51.2 Å². The number of hydrogen-bond donors (Lipinski definition) is 0. The van der Waals surface area contributed by atoms with Crippen LogP contribution in [0.25, 0.3) is 22.0 Å². The summed E-state index contributed by atoms with van der Waals surface area (Å²) in [5, 5.41) is 1.64. The first-order chi connectivity index (χ1) is 21.4. The molecule has 3 aromatic heterocycles. The minimum Gasteiger partial charge on any atom is -0.473 e. The van der Waals surface area contributed by atoms with Gasteiger partial charge in [0.05, 0.1) is 47.9 Å². The number of methoxy groups -OCH3 is 1. The fraction of sp³-hybridized carbons (Fsp3) is 0.364. The summed E-state index contributed by atoms with van der Waals surface area (Å²) in [4.78, 5) is 24.5. The van der Waals surface area contributed by atoms with Gasteiger partial charge in [-0.2, -0.15) is 0 Å². The lowest BCUT2D eigenvalue weighted by molar-refractivity contribution is -0.0592. The highest BCUT2D eigenvalue weighted by atomic mass is 35.5. The van der Waals surface area contributed by atoms with Crippen molar-refractivity contribution in [3.63, 3.8) is 0 Å². The number of carbonyl (C=O) groups is 1. The zero-order valence-corrected chi connectivity index (χ0v) is 25.8. The Morgan fingerprint density at radius 2 is 1.89 bits per heavy atom. The van der Waals surface area contributed by atoms with E-state index < -0.39 is 0 Å². The minimum absolute atomic E-state index is 0.168. The Balaban J connectivity index is 1.01. The third kappa shape index (κ3) is 5.89. The van der Waals surface area contributed by atoms with Crippen molar-refractivity contribution in [1.82, 2.24) is 19.4 Å². The van der Waals surface area contributed by atoms with Gasteiger partial charge in [-0.1, -0.05) is 23.7 Å². The highest BCUT2D eigenvalue weighted by molar-refractivity contribution is 6.36. The number of ether oxygens (including phenoxy) is 3. The van der Waals surface area contributed by atoms with Gasteiger partial charge in [0.25, 0.3) is 0 Å². The number of furan rings is 1. The van der Waals surface area contributed by atoms with Crippen LogP contribution in [0.1, 0.15) is 52.6 Å². The topological polar surface area (TPSA) is 91.9 Å². The van der Waals surface area contributed by atoms with Gasteiger partial charge in [-0.05, 0) is 74.3 Å². The minimum atomic E-state index is -0.351. The van der Waals surface area contributed by atoms with Crippen LogP contribution in [-0.2, 0) is 29.2 Å². The van der Waals surface area contributed by atoms with Gasteiger partial charge in [0.15, 0.2) is 5.22 Å². The number of fused-ring (bicyclic) bond motifs is 2. The van der Waals surface area contributed by atoms with Gasteiger partial charge in [-0.3, -0.25) is 4.90 Å². The molecule has 5 heterocycles. The third-order valence-corrected chi connectivity index (χ3v) is 9.12. The number of benzene rings is 2. The second kappa shape index (κ2) is 12.4. The van der Waals surface area contributed by atoms with Crippen LogP contribution in [0.4, 0.5) is 0 Å². The molecule has 2 aliphatic heterocycles. The number of esters is 1. The molecule has 0 amide bonds. The van der Waals surface area contributed by atoms with E-state index in [0.29, 0.717) is 34.6 Å². The van der Waals surface area contributed by atoms with Crippen LogP contribution >= 0.6 is 23.2 Å². The maximum Gasteiger partial charge on any atom is 0.337 e. The maximum absolute atomic E-state index is 12.2. The van der Waals surface area contributed by atoms with Gasteiger partial charge in [-0.25, -0.2) is 14.8 Å². The summed E-state index contributed by atoms with van der Waals surface area (Å²) in [5.74, 6) is 1.55. The molecular weight excluding hydrogens is 603 g/mol. The number of aromatic nitrogens is 3. The van der Waals surface area contributed by atoms with E-state index in [-0.39, 0.29) is 17.3 Å². The first kappa shape index (κ1) is 29.1. The van der Waals surface area contributed by atoms with Crippen LogP contribution in [0, 0.1) is 0 Å². The Labute approximate surface area is 264 Å². The molecule has 5 aromatic rings. The third-order valence-electron chi connectivity index (χ3n) is 8.60. The number of hydrogen-bond acceptors (Lipinski definition) is 8. The summed E-state index contributed by atoms with van der Waals surface area (Å²) in [6, 6.07) is 16.9. The molecule has 0 radical (unpaired) electrons. The van der Waals surface area contributed by atoms with Gasteiger partial charge in [0, 0.05) is 41.3 Å². The van der Waals surface area contributed by atoms with Crippen LogP contribution in [0.3, 0.4) is 0 Å². The molecule has 0 aliphatic carbocycles. The zero-order valence-electron chi connectivity index (χ0n) is 24.3. The molecule has 9 nitrogen and oxygen atoms in total. The van der Waals surface area contributed by atoms with Crippen molar-refractivity contribution in [1.29, 1.82) is 0 Å². The molecule has 2 fully saturated rings. The number of carbonyl (C=O) groups excluding carboxylic acids is 1. The second-order valence-corrected chi connectivity index (χ2v) is 12.1.